The van der Waals surface area contributed by atoms with E-state index in [4.69, 9.17) is 11.2 Å². The number of anilines is 1. The molecule has 2 aromatic rings. The van der Waals surface area contributed by atoms with E-state index in [0.717, 1.165) is 22.6 Å². The van der Waals surface area contributed by atoms with E-state index in [1.165, 1.54) is 0 Å². The van der Waals surface area contributed by atoms with Crippen molar-refractivity contribution in [1.29, 1.82) is 0 Å². The van der Waals surface area contributed by atoms with Crippen molar-refractivity contribution in [3.05, 3.63) is 59.7 Å². The van der Waals surface area contributed by atoms with Gasteiger partial charge in [-0.3, -0.25) is 0 Å². The van der Waals surface area contributed by atoms with Gasteiger partial charge in [0.1, 0.15) is 18.5 Å². The SMILES string of the molecule is C#Cc1cccc(NCC(O)COc2ccccc2C)c1. The Hall–Kier alpha value is -2.44. The number of hydrogen-bond donors (Lipinski definition) is 2. The average molecular weight is 281 g/mol. The first-order valence-corrected chi connectivity index (χ1v) is 6.86. The van der Waals surface area contributed by atoms with Crippen LogP contribution in [0.5, 0.6) is 5.75 Å². The van der Waals surface area contributed by atoms with Crippen LogP contribution in [-0.4, -0.2) is 24.4 Å². The molecule has 2 N–H and O–H groups in total. The Balaban J connectivity index is 1.81. The molecule has 0 saturated carbocycles. The van der Waals surface area contributed by atoms with E-state index in [2.05, 4.69) is 11.2 Å². The average Bonchev–Trinajstić information content (AvgIpc) is 2.52. The Morgan fingerprint density at radius 2 is 2.05 bits per heavy atom. The number of aryl methyl sites for hydroxylation is 1. The van der Waals surface area contributed by atoms with Gasteiger partial charge in [0, 0.05) is 17.8 Å². The third-order valence-electron chi connectivity index (χ3n) is 3.10. The summed E-state index contributed by atoms with van der Waals surface area (Å²) in [5, 5.41) is 13.1. The summed E-state index contributed by atoms with van der Waals surface area (Å²) < 4.78 is 5.61. The highest BCUT2D eigenvalue weighted by Gasteiger charge is 2.06. The fourth-order valence-electron chi connectivity index (χ4n) is 1.92. The van der Waals surface area contributed by atoms with Crippen LogP contribution in [-0.2, 0) is 0 Å². The molecular weight excluding hydrogens is 262 g/mol. The summed E-state index contributed by atoms with van der Waals surface area (Å²) in [6.45, 7) is 2.62. The van der Waals surface area contributed by atoms with Gasteiger partial charge in [0.05, 0.1) is 0 Å². The van der Waals surface area contributed by atoms with E-state index in [1.54, 1.807) is 0 Å². The Morgan fingerprint density at radius 1 is 1.24 bits per heavy atom. The number of terminal acetylenes is 1. The maximum absolute atomic E-state index is 9.96. The monoisotopic (exact) mass is 281 g/mol. The van der Waals surface area contributed by atoms with Crippen molar-refractivity contribution in [3.8, 4) is 18.1 Å². The third-order valence-corrected chi connectivity index (χ3v) is 3.10. The van der Waals surface area contributed by atoms with Crippen LogP contribution in [0.4, 0.5) is 5.69 Å². The number of nitrogens with one attached hydrogen (secondary N) is 1. The van der Waals surface area contributed by atoms with E-state index in [1.807, 2.05) is 55.5 Å². The van der Waals surface area contributed by atoms with Gasteiger partial charge in [-0.25, -0.2) is 0 Å². The Bertz CT molecular complexity index is 631. The smallest absolute Gasteiger partial charge is 0.122 e. The van der Waals surface area contributed by atoms with Crippen LogP contribution in [0.3, 0.4) is 0 Å². The lowest BCUT2D eigenvalue weighted by atomic mass is 10.2. The number of rotatable bonds is 6. The maximum Gasteiger partial charge on any atom is 0.122 e. The molecule has 3 nitrogen and oxygen atoms in total. The lowest BCUT2D eigenvalue weighted by molar-refractivity contribution is 0.117. The highest BCUT2D eigenvalue weighted by Crippen LogP contribution is 2.16. The molecule has 0 radical (unpaired) electrons. The zero-order valence-corrected chi connectivity index (χ0v) is 12.0. The van der Waals surface area contributed by atoms with Crippen molar-refractivity contribution >= 4 is 5.69 Å². The molecule has 2 aromatic carbocycles. The molecule has 0 aromatic heterocycles. The quantitative estimate of drug-likeness (QED) is 0.800. The second kappa shape index (κ2) is 7.37. The van der Waals surface area contributed by atoms with Gasteiger partial charge in [0.2, 0.25) is 0 Å². The van der Waals surface area contributed by atoms with Crippen LogP contribution < -0.4 is 10.1 Å². The van der Waals surface area contributed by atoms with Gasteiger partial charge in [-0.2, -0.15) is 0 Å². The number of benzene rings is 2. The molecule has 0 heterocycles. The van der Waals surface area contributed by atoms with E-state index >= 15 is 0 Å². The highest BCUT2D eigenvalue weighted by molar-refractivity contribution is 5.50. The first-order valence-electron chi connectivity index (χ1n) is 6.86. The Morgan fingerprint density at radius 3 is 2.81 bits per heavy atom. The highest BCUT2D eigenvalue weighted by atomic mass is 16.5. The zero-order valence-electron chi connectivity index (χ0n) is 12.0. The molecule has 0 fully saturated rings. The number of aliphatic hydroxyl groups is 1. The van der Waals surface area contributed by atoms with Crippen molar-refractivity contribution in [2.75, 3.05) is 18.5 Å². The molecule has 0 bridgehead atoms. The minimum Gasteiger partial charge on any atom is -0.491 e. The zero-order chi connectivity index (χ0) is 15.1. The van der Waals surface area contributed by atoms with Crippen LogP contribution in [0.2, 0.25) is 0 Å². The molecule has 0 saturated heterocycles. The lowest BCUT2D eigenvalue weighted by Gasteiger charge is -2.15. The largest absolute Gasteiger partial charge is 0.491 e. The third kappa shape index (κ3) is 4.55. The number of para-hydroxylation sites is 1. The van der Waals surface area contributed by atoms with Gasteiger partial charge in [0.15, 0.2) is 0 Å². The van der Waals surface area contributed by atoms with E-state index in [0.29, 0.717) is 6.54 Å². The minimum atomic E-state index is -0.598. The predicted octanol–water partition coefficient (Wildman–Crippen LogP) is 2.83. The molecular formula is C18H19NO2. The second-order valence-corrected chi connectivity index (χ2v) is 4.84. The molecule has 0 amide bonds. The topological polar surface area (TPSA) is 41.5 Å². The fraction of sp³-hybridized carbons (Fsp3) is 0.222. The predicted molar refractivity (Wildman–Crippen MR) is 85.5 cm³/mol. The number of aliphatic hydroxyl groups excluding tert-OH is 1. The summed E-state index contributed by atoms with van der Waals surface area (Å²) in [4.78, 5) is 0. The molecule has 21 heavy (non-hydrogen) atoms. The molecule has 2 rings (SSSR count). The van der Waals surface area contributed by atoms with Crippen molar-refractivity contribution < 1.29 is 9.84 Å². The van der Waals surface area contributed by atoms with Crippen molar-refractivity contribution in [2.45, 2.75) is 13.0 Å². The molecule has 0 aliphatic carbocycles. The molecule has 0 aliphatic rings. The van der Waals surface area contributed by atoms with Gasteiger partial charge in [-0.15, -0.1) is 6.42 Å². The van der Waals surface area contributed by atoms with Gasteiger partial charge in [-0.1, -0.05) is 30.2 Å². The molecule has 0 aliphatic heterocycles. The van der Waals surface area contributed by atoms with Crippen LogP contribution in [0.1, 0.15) is 11.1 Å². The van der Waals surface area contributed by atoms with E-state index in [-0.39, 0.29) is 6.61 Å². The summed E-state index contributed by atoms with van der Waals surface area (Å²) in [5.41, 5.74) is 2.76. The molecule has 0 spiro atoms. The minimum absolute atomic E-state index is 0.243. The summed E-state index contributed by atoms with van der Waals surface area (Å²) in [6.07, 6.45) is 4.76. The van der Waals surface area contributed by atoms with Crippen LogP contribution in [0, 0.1) is 19.3 Å². The first-order chi connectivity index (χ1) is 10.2. The van der Waals surface area contributed by atoms with Gasteiger partial charge in [0.25, 0.3) is 0 Å². The van der Waals surface area contributed by atoms with Crippen LogP contribution in [0.25, 0.3) is 0 Å². The normalized spacial score (nSPS) is 11.5. The summed E-state index contributed by atoms with van der Waals surface area (Å²) in [6, 6.07) is 15.3. The van der Waals surface area contributed by atoms with Crippen LogP contribution in [0.15, 0.2) is 48.5 Å². The number of ether oxygens (including phenoxy) is 1. The Labute approximate surface area is 125 Å². The maximum atomic E-state index is 9.96. The van der Waals surface area contributed by atoms with E-state index < -0.39 is 6.10 Å². The van der Waals surface area contributed by atoms with Crippen LogP contribution >= 0.6 is 0 Å². The van der Waals surface area contributed by atoms with Gasteiger partial charge >= 0.3 is 0 Å². The number of hydrogen-bond acceptors (Lipinski definition) is 3. The Kier molecular flexibility index (Phi) is 5.25. The van der Waals surface area contributed by atoms with Crippen molar-refractivity contribution in [3.63, 3.8) is 0 Å². The molecule has 3 heteroatoms. The second-order valence-electron chi connectivity index (χ2n) is 4.84. The standard InChI is InChI=1S/C18H19NO2/c1-3-15-8-6-9-16(11-15)19-12-17(20)13-21-18-10-5-4-7-14(18)2/h1,4-11,17,19-20H,12-13H2,2H3. The first kappa shape index (κ1) is 15.0. The van der Waals surface area contributed by atoms with E-state index in [9.17, 15) is 5.11 Å². The summed E-state index contributed by atoms with van der Waals surface area (Å²) in [7, 11) is 0. The molecule has 108 valence electrons. The molecule has 1 atom stereocenters. The van der Waals surface area contributed by atoms with Crippen molar-refractivity contribution in [1.82, 2.24) is 0 Å². The van der Waals surface area contributed by atoms with Gasteiger partial charge in [-0.05, 0) is 36.8 Å². The molecule has 1 unspecified atom stereocenters. The summed E-state index contributed by atoms with van der Waals surface area (Å²) in [5.74, 6) is 3.38. The lowest BCUT2D eigenvalue weighted by Crippen LogP contribution is -2.26. The fourth-order valence-corrected chi connectivity index (χ4v) is 1.92. The summed E-state index contributed by atoms with van der Waals surface area (Å²) >= 11 is 0. The van der Waals surface area contributed by atoms with Crippen molar-refractivity contribution in [2.24, 2.45) is 0 Å². The van der Waals surface area contributed by atoms with Gasteiger partial charge < -0.3 is 15.2 Å².